The number of nitrogens with zero attached hydrogens (tertiary/aromatic N) is 4. The summed E-state index contributed by atoms with van der Waals surface area (Å²) in [5, 5.41) is 4.08. The van der Waals surface area contributed by atoms with E-state index < -0.39 is 11.2 Å². The van der Waals surface area contributed by atoms with Gasteiger partial charge in [-0.15, -0.1) is 0 Å². The molecule has 4 rings (SSSR count). The van der Waals surface area contributed by atoms with Crippen molar-refractivity contribution in [3.63, 3.8) is 0 Å². The highest BCUT2D eigenvalue weighted by atomic mass is 16.5. The molecule has 176 valence electrons. The number of anilines is 2. The van der Waals surface area contributed by atoms with Crippen LogP contribution in [0.1, 0.15) is 31.7 Å². The van der Waals surface area contributed by atoms with Gasteiger partial charge in [-0.2, -0.15) is 4.98 Å². The molecule has 0 radical (unpaired) electrons. The zero-order valence-electron chi connectivity index (χ0n) is 19.3. The summed E-state index contributed by atoms with van der Waals surface area (Å²) in [6, 6.07) is 19.0. The number of nitrogen functional groups attached to an aromatic ring is 1. The Hall–Kier alpha value is -4.14. The van der Waals surface area contributed by atoms with Crippen LogP contribution in [0.4, 0.5) is 11.5 Å². The molecule has 0 fully saturated rings. The lowest BCUT2D eigenvalue weighted by Gasteiger charge is -2.25. The molecular weight excluding hydrogens is 432 g/mol. The first-order chi connectivity index (χ1) is 16.4. The smallest absolute Gasteiger partial charge is 0.330 e. The molecular formula is C25H28N6O3. The lowest BCUT2D eigenvalue weighted by atomic mass is 10.1. The van der Waals surface area contributed by atoms with Crippen LogP contribution >= 0.6 is 0 Å². The molecule has 4 aromatic rings. The van der Waals surface area contributed by atoms with E-state index >= 15 is 0 Å². The average Bonchev–Trinajstić information content (AvgIpc) is 3.30. The minimum atomic E-state index is -0.553. The average molecular weight is 461 g/mol. The van der Waals surface area contributed by atoms with E-state index in [-0.39, 0.29) is 24.6 Å². The van der Waals surface area contributed by atoms with E-state index in [1.807, 2.05) is 60.7 Å². The summed E-state index contributed by atoms with van der Waals surface area (Å²) >= 11 is 0. The van der Waals surface area contributed by atoms with Crippen LogP contribution in [0.5, 0.6) is 0 Å². The zero-order valence-corrected chi connectivity index (χ0v) is 19.3. The molecule has 34 heavy (non-hydrogen) atoms. The van der Waals surface area contributed by atoms with Crippen LogP contribution in [0, 0.1) is 5.92 Å². The van der Waals surface area contributed by atoms with Crippen molar-refractivity contribution in [1.82, 2.24) is 19.7 Å². The predicted molar refractivity (Wildman–Crippen MR) is 132 cm³/mol. The number of nitrogens with one attached hydrogen (secondary N) is 1. The minimum Gasteiger partial charge on any atom is -0.383 e. The van der Waals surface area contributed by atoms with Crippen molar-refractivity contribution in [2.45, 2.75) is 33.4 Å². The van der Waals surface area contributed by atoms with E-state index in [1.54, 1.807) is 4.90 Å². The summed E-state index contributed by atoms with van der Waals surface area (Å²) in [6.07, 6.45) is 0.802. The van der Waals surface area contributed by atoms with Crippen molar-refractivity contribution in [3.8, 4) is 11.4 Å². The maximum absolute atomic E-state index is 12.9. The first kappa shape index (κ1) is 23.0. The summed E-state index contributed by atoms with van der Waals surface area (Å²) in [4.78, 5) is 34.2. The van der Waals surface area contributed by atoms with Crippen molar-refractivity contribution >= 4 is 11.5 Å². The Bertz CT molecular complexity index is 1340. The van der Waals surface area contributed by atoms with E-state index in [0.717, 1.165) is 17.5 Å². The maximum atomic E-state index is 12.9. The van der Waals surface area contributed by atoms with Gasteiger partial charge < -0.3 is 15.2 Å². The molecule has 0 aliphatic carbocycles. The lowest BCUT2D eigenvalue weighted by Crippen LogP contribution is -2.39. The Labute approximate surface area is 196 Å². The Morgan fingerprint density at radius 3 is 2.41 bits per heavy atom. The van der Waals surface area contributed by atoms with Gasteiger partial charge in [0.15, 0.2) is 0 Å². The third kappa shape index (κ3) is 5.25. The summed E-state index contributed by atoms with van der Waals surface area (Å²) in [5.74, 6) is 1.31. The van der Waals surface area contributed by atoms with Crippen LogP contribution in [0.15, 0.2) is 74.8 Å². The molecule has 3 N–H and O–H groups in total. The maximum Gasteiger partial charge on any atom is 0.330 e. The van der Waals surface area contributed by atoms with E-state index in [0.29, 0.717) is 24.2 Å². The highest BCUT2D eigenvalue weighted by Gasteiger charge is 2.22. The van der Waals surface area contributed by atoms with Crippen LogP contribution in [0.2, 0.25) is 0 Å². The molecule has 0 amide bonds. The van der Waals surface area contributed by atoms with Crippen molar-refractivity contribution < 1.29 is 4.52 Å². The topological polar surface area (TPSA) is 123 Å². The largest absolute Gasteiger partial charge is 0.383 e. The monoisotopic (exact) mass is 460 g/mol. The molecule has 0 bridgehead atoms. The normalized spacial score (nSPS) is 11.1. The van der Waals surface area contributed by atoms with Crippen LogP contribution in [0.3, 0.4) is 0 Å². The molecule has 2 aromatic carbocycles. The van der Waals surface area contributed by atoms with Gasteiger partial charge in [-0.1, -0.05) is 79.7 Å². The summed E-state index contributed by atoms with van der Waals surface area (Å²) in [6.45, 7) is 5.15. The number of hydrogen-bond acceptors (Lipinski definition) is 7. The molecule has 2 heterocycles. The number of H-pyrrole nitrogens is 1. The first-order valence-corrected chi connectivity index (χ1v) is 11.2. The van der Waals surface area contributed by atoms with Crippen LogP contribution in [0.25, 0.3) is 11.4 Å². The Morgan fingerprint density at radius 2 is 1.74 bits per heavy atom. The van der Waals surface area contributed by atoms with E-state index in [4.69, 9.17) is 10.3 Å². The molecule has 0 saturated heterocycles. The van der Waals surface area contributed by atoms with Gasteiger partial charge in [-0.3, -0.25) is 14.3 Å². The molecule has 0 unspecified atom stereocenters. The fraction of sp³-hybridized carbons (Fsp3) is 0.280. The van der Waals surface area contributed by atoms with E-state index in [9.17, 15) is 9.59 Å². The van der Waals surface area contributed by atoms with E-state index in [2.05, 4.69) is 29.0 Å². The van der Waals surface area contributed by atoms with Crippen LogP contribution < -0.4 is 21.9 Å². The predicted octanol–water partition coefficient (Wildman–Crippen LogP) is 3.27. The van der Waals surface area contributed by atoms with Gasteiger partial charge in [-0.05, 0) is 17.9 Å². The van der Waals surface area contributed by atoms with Gasteiger partial charge in [0, 0.05) is 12.1 Å². The Morgan fingerprint density at radius 1 is 1.06 bits per heavy atom. The van der Waals surface area contributed by atoms with Gasteiger partial charge in [0.2, 0.25) is 11.7 Å². The standard InChI is InChI=1S/C25H28N6O3/c1-17(2)13-14-30(16-20-27-23(29-34-20)19-11-7-4-8-12-19)21-22(26)31(25(33)28-24(21)32)15-18-9-5-3-6-10-18/h3-12,17H,13-16,26H2,1-2H3,(H,28,32,33). The first-order valence-electron chi connectivity index (χ1n) is 11.2. The summed E-state index contributed by atoms with van der Waals surface area (Å²) < 4.78 is 6.86. The Kier molecular flexibility index (Phi) is 6.91. The molecule has 0 saturated carbocycles. The van der Waals surface area contributed by atoms with Crippen molar-refractivity contribution in [2.24, 2.45) is 5.92 Å². The number of rotatable bonds is 9. The number of aromatic nitrogens is 4. The van der Waals surface area contributed by atoms with Crippen LogP contribution in [-0.2, 0) is 13.1 Å². The number of hydrogen-bond donors (Lipinski definition) is 2. The molecule has 0 spiro atoms. The van der Waals surface area contributed by atoms with E-state index in [1.165, 1.54) is 4.57 Å². The second-order valence-corrected chi connectivity index (χ2v) is 8.55. The number of aromatic amines is 1. The summed E-state index contributed by atoms with van der Waals surface area (Å²) in [5.41, 5.74) is 7.28. The van der Waals surface area contributed by atoms with Gasteiger partial charge in [0.25, 0.3) is 5.56 Å². The number of benzene rings is 2. The second kappa shape index (κ2) is 10.2. The summed E-state index contributed by atoms with van der Waals surface area (Å²) in [7, 11) is 0. The number of nitrogens with two attached hydrogens (primary N) is 1. The quantitative estimate of drug-likeness (QED) is 0.393. The fourth-order valence-corrected chi connectivity index (χ4v) is 3.68. The molecule has 0 atom stereocenters. The molecule has 9 heteroatoms. The Balaban J connectivity index is 1.69. The van der Waals surface area contributed by atoms with Gasteiger partial charge in [0.1, 0.15) is 11.5 Å². The van der Waals surface area contributed by atoms with Gasteiger partial charge in [0.05, 0.1) is 13.1 Å². The molecule has 2 aromatic heterocycles. The van der Waals surface area contributed by atoms with Gasteiger partial charge in [-0.25, -0.2) is 4.79 Å². The van der Waals surface area contributed by atoms with Crippen molar-refractivity contribution in [3.05, 3.63) is 93.0 Å². The van der Waals surface area contributed by atoms with Crippen molar-refractivity contribution in [2.75, 3.05) is 17.2 Å². The fourth-order valence-electron chi connectivity index (χ4n) is 3.68. The highest BCUT2D eigenvalue weighted by Crippen LogP contribution is 2.22. The second-order valence-electron chi connectivity index (χ2n) is 8.55. The SMILES string of the molecule is CC(C)CCN(Cc1nc(-c2ccccc2)no1)c1c(N)n(Cc2ccccc2)c(=O)[nH]c1=O. The lowest BCUT2D eigenvalue weighted by molar-refractivity contribution is 0.375. The third-order valence-electron chi connectivity index (χ3n) is 5.52. The third-order valence-corrected chi connectivity index (χ3v) is 5.52. The van der Waals surface area contributed by atoms with Crippen LogP contribution in [-0.4, -0.2) is 26.2 Å². The van der Waals surface area contributed by atoms with Crippen molar-refractivity contribution in [1.29, 1.82) is 0 Å². The molecule has 0 aliphatic rings. The molecule has 0 aliphatic heterocycles. The minimum absolute atomic E-state index is 0.101. The highest BCUT2D eigenvalue weighted by molar-refractivity contribution is 5.62. The van der Waals surface area contributed by atoms with Gasteiger partial charge >= 0.3 is 5.69 Å². The zero-order chi connectivity index (χ0) is 24.1. The molecule has 9 nitrogen and oxygen atoms in total.